The SMILES string of the molecule is Cc1cc(N)cnc1Sc1ncccn1. The monoisotopic (exact) mass is 218 g/mol. The van der Waals surface area contributed by atoms with Crippen LogP contribution in [0.15, 0.2) is 40.9 Å². The Balaban J connectivity index is 2.25. The summed E-state index contributed by atoms with van der Waals surface area (Å²) in [5, 5.41) is 1.58. The van der Waals surface area contributed by atoms with Gasteiger partial charge in [0.15, 0.2) is 5.16 Å². The van der Waals surface area contributed by atoms with E-state index < -0.39 is 0 Å². The summed E-state index contributed by atoms with van der Waals surface area (Å²) in [7, 11) is 0. The lowest BCUT2D eigenvalue weighted by atomic mass is 10.3. The van der Waals surface area contributed by atoms with E-state index in [2.05, 4.69) is 15.0 Å². The van der Waals surface area contributed by atoms with Crippen molar-refractivity contribution in [2.24, 2.45) is 0 Å². The molecule has 0 aliphatic carbocycles. The van der Waals surface area contributed by atoms with E-state index in [1.165, 1.54) is 11.8 Å². The molecule has 0 saturated carbocycles. The number of hydrogen-bond acceptors (Lipinski definition) is 5. The van der Waals surface area contributed by atoms with Gasteiger partial charge < -0.3 is 5.73 Å². The zero-order valence-electron chi connectivity index (χ0n) is 8.21. The maximum Gasteiger partial charge on any atom is 0.193 e. The summed E-state index contributed by atoms with van der Waals surface area (Å²) < 4.78 is 0. The molecule has 2 rings (SSSR count). The van der Waals surface area contributed by atoms with E-state index in [0.717, 1.165) is 10.6 Å². The third-order valence-corrected chi connectivity index (χ3v) is 2.80. The van der Waals surface area contributed by atoms with Crippen LogP contribution in [0.3, 0.4) is 0 Å². The van der Waals surface area contributed by atoms with Gasteiger partial charge in [0.2, 0.25) is 0 Å². The van der Waals surface area contributed by atoms with E-state index >= 15 is 0 Å². The number of aryl methyl sites for hydroxylation is 1. The lowest BCUT2D eigenvalue weighted by Crippen LogP contribution is -1.92. The standard InChI is InChI=1S/C10H10N4S/c1-7-5-8(11)6-14-9(7)15-10-12-3-2-4-13-10/h2-6H,11H2,1H3. The molecule has 2 aromatic rings. The topological polar surface area (TPSA) is 64.7 Å². The Morgan fingerprint density at radius 2 is 1.93 bits per heavy atom. The molecule has 4 nitrogen and oxygen atoms in total. The lowest BCUT2D eigenvalue weighted by molar-refractivity contribution is 0.956. The van der Waals surface area contributed by atoms with Crippen LogP contribution in [0.25, 0.3) is 0 Å². The normalized spacial score (nSPS) is 10.2. The Morgan fingerprint density at radius 1 is 1.20 bits per heavy atom. The highest BCUT2D eigenvalue weighted by Gasteiger charge is 2.04. The number of nitrogens with zero attached hydrogens (tertiary/aromatic N) is 3. The molecule has 0 atom stereocenters. The summed E-state index contributed by atoms with van der Waals surface area (Å²) in [6.45, 7) is 1.97. The maximum absolute atomic E-state index is 5.62. The molecule has 0 bridgehead atoms. The molecule has 0 aliphatic heterocycles. The van der Waals surface area contributed by atoms with Crippen molar-refractivity contribution in [2.75, 3.05) is 5.73 Å². The number of hydrogen-bond donors (Lipinski definition) is 1. The summed E-state index contributed by atoms with van der Waals surface area (Å²) in [5.41, 5.74) is 7.32. The zero-order valence-corrected chi connectivity index (χ0v) is 9.03. The van der Waals surface area contributed by atoms with E-state index in [9.17, 15) is 0 Å². The molecule has 76 valence electrons. The number of aromatic nitrogens is 3. The first-order chi connectivity index (χ1) is 7.25. The molecule has 0 aliphatic rings. The first-order valence-electron chi connectivity index (χ1n) is 4.43. The minimum Gasteiger partial charge on any atom is -0.397 e. The Labute approximate surface area is 92.0 Å². The van der Waals surface area contributed by atoms with Crippen LogP contribution in [-0.4, -0.2) is 15.0 Å². The van der Waals surface area contributed by atoms with Gasteiger partial charge in [-0.3, -0.25) is 0 Å². The fourth-order valence-corrected chi connectivity index (χ4v) is 1.84. The Hall–Kier alpha value is -1.62. The zero-order chi connectivity index (χ0) is 10.7. The van der Waals surface area contributed by atoms with Gasteiger partial charge in [-0.25, -0.2) is 15.0 Å². The average Bonchev–Trinajstić information content (AvgIpc) is 2.24. The summed E-state index contributed by atoms with van der Waals surface area (Å²) in [6.07, 6.45) is 5.06. The third-order valence-electron chi connectivity index (χ3n) is 1.78. The summed E-state index contributed by atoms with van der Waals surface area (Å²) in [6, 6.07) is 3.67. The molecule has 0 radical (unpaired) electrons. The van der Waals surface area contributed by atoms with Crippen LogP contribution in [0.4, 0.5) is 5.69 Å². The van der Waals surface area contributed by atoms with Gasteiger partial charge in [0.25, 0.3) is 0 Å². The highest BCUT2D eigenvalue weighted by molar-refractivity contribution is 7.99. The van der Waals surface area contributed by atoms with Gasteiger partial charge in [-0.15, -0.1) is 0 Å². The molecule has 0 aromatic carbocycles. The number of nitrogen functional groups attached to an aromatic ring is 1. The smallest absolute Gasteiger partial charge is 0.193 e. The molecule has 0 fully saturated rings. The van der Waals surface area contributed by atoms with Gasteiger partial charge in [0, 0.05) is 12.4 Å². The maximum atomic E-state index is 5.62. The molecule has 5 heteroatoms. The first-order valence-corrected chi connectivity index (χ1v) is 5.24. The number of anilines is 1. The highest BCUT2D eigenvalue weighted by Crippen LogP contribution is 2.25. The van der Waals surface area contributed by atoms with Gasteiger partial charge in [-0.05, 0) is 36.4 Å². The second-order valence-electron chi connectivity index (χ2n) is 3.02. The minimum atomic E-state index is 0.672. The van der Waals surface area contributed by atoms with Crippen LogP contribution in [0, 0.1) is 6.92 Å². The van der Waals surface area contributed by atoms with Crippen LogP contribution < -0.4 is 5.73 Å². The molecule has 0 saturated heterocycles. The van der Waals surface area contributed by atoms with Gasteiger partial charge >= 0.3 is 0 Å². The van der Waals surface area contributed by atoms with E-state index in [-0.39, 0.29) is 0 Å². The predicted octanol–water partition coefficient (Wildman–Crippen LogP) is 1.91. The molecule has 2 heterocycles. The fourth-order valence-electron chi connectivity index (χ4n) is 1.12. The van der Waals surface area contributed by atoms with Crippen LogP contribution >= 0.6 is 11.8 Å². The van der Waals surface area contributed by atoms with Crippen LogP contribution in [-0.2, 0) is 0 Å². The predicted molar refractivity (Wildman–Crippen MR) is 59.5 cm³/mol. The second-order valence-corrected chi connectivity index (χ2v) is 3.98. The van der Waals surface area contributed by atoms with E-state index in [1.54, 1.807) is 24.7 Å². The van der Waals surface area contributed by atoms with Gasteiger partial charge in [0.1, 0.15) is 5.03 Å². The molecule has 0 unspecified atom stereocenters. The van der Waals surface area contributed by atoms with Crippen molar-refractivity contribution in [1.29, 1.82) is 0 Å². The van der Waals surface area contributed by atoms with Crippen molar-refractivity contribution in [3.8, 4) is 0 Å². The molecule has 2 aromatic heterocycles. The van der Waals surface area contributed by atoms with Crippen molar-refractivity contribution < 1.29 is 0 Å². The molecule has 15 heavy (non-hydrogen) atoms. The summed E-state index contributed by atoms with van der Waals surface area (Å²) in [5.74, 6) is 0. The van der Waals surface area contributed by atoms with Crippen molar-refractivity contribution in [3.05, 3.63) is 36.3 Å². The van der Waals surface area contributed by atoms with E-state index in [4.69, 9.17) is 5.73 Å². The van der Waals surface area contributed by atoms with E-state index in [0.29, 0.717) is 10.8 Å². The van der Waals surface area contributed by atoms with Crippen LogP contribution in [0.1, 0.15) is 5.56 Å². The lowest BCUT2D eigenvalue weighted by Gasteiger charge is -2.03. The molecule has 2 N–H and O–H groups in total. The average molecular weight is 218 g/mol. The summed E-state index contributed by atoms with van der Waals surface area (Å²) in [4.78, 5) is 12.5. The quantitative estimate of drug-likeness (QED) is 0.780. The largest absolute Gasteiger partial charge is 0.397 e. The van der Waals surface area contributed by atoms with Crippen LogP contribution in [0.2, 0.25) is 0 Å². The Morgan fingerprint density at radius 3 is 2.60 bits per heavy atom. The van der Waals surface area contributed by atoms with Crippen molar-refractivity contribution in [2.45, 2.75) is 17.1 Å². The van der Waals surface area contributed by atoms with Crippen LogP contribution in [0.5, 0.6) is 0 Å². The van der Waals surface area contributed by atoms with Crippen molar-refractivity contribution >= 4 is 17.4 Å². The van der Waals surface area contributed by atoms with Gasteiger partial charge in [0.05, 0.1) is 11.9 Å². The van der Waals surface area contributed by atoms with E-state index in [1.807, 2.05) is 13.0 Å². The number of nitrogens with two attached hydrogens (primary N) is 1. The molecular formula is C10H10N4S. The van der Waals surface area contributed by atoms with Gasteiger partial charge in [-0.2, -0.15) is 0 Å². The molecular weight excluding hydrogens is 208 g/mol. The first kappa shape index (κ1) is 9.92. The third kappa shape index (κ3) is 2.44. The highest BCUT2D eigenvalue weighted by atomic mass is 32.2. The van der Waals surface area contributed by atoms with Crippen molar-refractivity contribution in [3.63, 3.8) is 0 Å². The molecule has 0 amide bonds. The Kier molecular flexibility index (Phi) is 2.82. The Bertz CT molecular complexity index is 458. The van der Waals surface area contributed by atoms with Crippen molar-refractivity contribution in [1.82, 2.24) is 15.0 Å². The minimum absolute atomic E-state index is 0.672. The van der Waals surface area contributed by atoms with Gasteiger partial charge in [-0.1, -0.05) is 0 Å². The second kappa shape index (κ2) is 4.27. The fraction of sp³-hybridized carbons (Fsp3) is 0.100. The molecule has 0 spiro atoms. The number of rotatable bonds is 2. The number of pyridine rings is 1. The summed E-state index contributed by atoms with van der Waals surface area (Å²) >= 11 is 1.43.